The van der Waals surface area contributed by atoms with Crippen LogP contribution in [0.25, 0.3) is 11.4 Å². The minimum atomic E-state index is -0.709. The van der Waals surface area contributed by atoms with Crippen molar-refractivity contribution in [1.29, 1.82) is 0 Å². The monoisotopic (exact) mass is 410 g/mol. The minimum Gasteiger partial charge on any atom is -0.491 e. The highest BCUT2D eigenvalue weighted by Crippen LogP contribution is 2.24. The Morgan fingerprint density at radius 1 is 1.31 bits per heavy atom. The van der Waals surface area contributed by atoms with Crippen LogP contribution in [-0.2, 0) is 6.54 Å². The second-order valence-corrected chi connectivity index (χ2v) is 7.29. The van der Waals surface area contributed by atoms with Crippen LogP contribution in [-0.4, -0.2) is 49.1 Å². The van der Waals surface area contributed by atoms with Crippen LogP contribution in [0.4, 0.5) is 0 Å². The number of nitrogens with zero attached hydrogens (tertiary/aromatic N) is 4. The van der Waals surface area contributed by atoms with E-state index in [0.29, 0.717) is 28.8 Å². The number of rotatable bonds is 10. The number of aliphatic hydroxyl groups is 1. The lowest BCUT2D eigenvalue weighted by atomic mass is 10.1. The Morgan fingerprint density at radius 2 is 2.10 bits per heavy atom. The van der Waals surface area contributed by atoms with E-state index in [1.165, 1.54) is 18.7 Å². The summed E-state index contributed by atoms with van der Waals surface area (Å²) in [7, 11) is 0. The molecule has 0 unspecified atom stereocenters. The fourth-order valence-corrected chi connectivity index (χ4v) is 3.47. The lowest BCUT2D eigenvalue weighted by Gasteiger charge is -2.13. The summed E-state index contributed by atoms with van der Waals surface area (Å²) in [5.41, 5.74) is 1.49. The first-order chi connectivity index (χ1) is 14.1. The SMILES string of the molecule is C=CCn1c(SC[C@@H](O)COc2cccc(C(C)=O)c2)nnc1-c1ccncc1. The van der Waals surface area contributed by atoms with E-state index < -0.39 is 6.10 Å². The summed E-state index contributed by atoms with van der Waals surface area (Å²) in [6, 6.07) is 10.7. The maximum Gasteiger partial charge on any atom is 0.191 e. The van der Waals surface area contributed by atoms with Gasteiger partial charge in [-0.05, 0) is 31.2 Å². The molecule has 0 saturated heterocycles. The smallest absolute Gasteiger partial charge is 0.191 e. The molecule has 2 heterocycles. The Bertz CT molecular complexity index is 975. The van der Waals surface area contributed by atoms with Gasteiger partial charge < -0.3 is 9.84 Å². The van der Waals surface area contributed by atoms with Crippen molar-refractivity contribution in [3.05, 3.63) is 67.0 Å². The fourth-order valence-electron chi connectivity index (χ4n) is 2.62. The molecule has 0 saturated carbocycles. The number of carbonyl (C=O) groups excluding carboxylic acids is 1. The van der Waals surface area contributed by atoms with E-state index in [9.17, 15) is 9.90 Å². The van der Waals surface area contributed by atoms with Gasteiger partial charge in [0.15, 0.2) is 16.8 Å². The third-order valence-corrected chi connectivity index (χ3v) is 5.17. The largest absolute Gasteiger partial charge is 0.491 e. The number of allylic oxidation sites excluding steroid dienone is 1. The number of aromatic nitrogens is 4. The minimum absolute atomic E-state index is 0.0295. The van der Waals surface area contributed by atoms with Crippen molar-refractivity contribution in [3.63, 3.8) is 0 Å². The van der Waals surface area contributed by atoms with Gasteiger partial charge in [0.1, 0.15) is 12.4 Å². The molecule has 0 bridgehead atoms. The van der Waals surface area contributed by atoms with Crippen LogP contribution in [0.5, 0.6) is 5.75 Å². The van der Waals surface area contributed by atoms with Crippen LogP contribution < -0.4 is 4.74 Å². The summed E-state index contributed by atoms with van der Waals surface area (Å²) in [5.74, 6) is 1.63. The van der Waals surface area contributed by atoms with E-state index in [-0.39, 0.29) is 12.4 Å². The zero-order valence-electron chi connectivity index (χ0n) is 16.1. The number of aliphatic hydroxyl groups excluding tert-OH is 1. The van der Waals surface area contributed by atoms with Crippen molar-refractivity contribution in [2.24, 2.45) is 0 Å². The molecule has 1 N–H and O–H groups in total. The topological polar surface area (TPSA) is 90.1 Å². The van der Waals surface area contributed by atoms with Crippen molar-refractivity contribution in [1.82, 2.24) is 19.7 Å². The Hall–Kier alpha value is -2.97. The lowest BCUT2D eigenvalue weighted by molar-refractivity contribution is 0.101. The van der Waals surface area contributed by atoms with Crippen molar-refractivity contribution >= 4 is 17.5 Å². The van der Waals surface area contributed by atoms with E-state index in [2.05, 4.69) is 21.8 Å². The molecule has 2 aromatic heterocycles. The van der Waals surface area contributed by atoms with Crippen LogP contribution >= 0.6 is 11.8 Å². The third kappa shape index (κ3) is 5.52. The predicted octanol–water partition coefficient (Wildman–Crippen LogP) is 3.26. The van der Waals surface area contributed by atoms with Gasteiger partial charge in [0.05, 0.1) is 6.10 Å². The molecule has 0 fully saturated rings. The second-order valence-electron chi connectivity index (χ2n) is 6.30. The van der Waals surface area contributed by atoms with Gasteiger partial charge in [-0.3, -0.25) is 14.3 Å². The molecule has 1 aromatic carbocycles. The Kier molecular flexibility index (Phi) is 7.15. The van der Waals surface area contributed by atoms with Crippen LogP contribution in [0, 0.1) is 0 Å². The highest BCUT2D eigenvalue weighted by molar-refractivity contribution is 7.99. The maximum atomic E-state index is 11.5. The fraction of sp³-hybridized carbons (Fsp3) is 0.238. The van der Waals surface area contributed by atoms with Gasteiger partial charge in [-0.25, -0.2) is 0 Å². The van der Waals surface area contributed by atoms with Gasteiger partial charge in [-0.1, -0.05) is 30.0 Å². The van der Waals surface area contributed by atoms with Gasteiger partial charge in [-0.2, -0.15) is 0 Å². The molecular formula is C21H22N4O3S. The van der Waals surface area contributed by atoms with E-state index in [1.807, 2.05) is 16.7 Å². The molecule has 1 atom stereocenters. The molecule has 8 heteroatoms. The molecular weight excluding hydrogens is 388 g/mol. The predicted molar refractivity (Wildman–Crippen MR) is 112 cm³/mol. The van der Waals surface area contributed by atoms with Crippen LogP contribution in [0.3, 0.4) is 0 Å². The summed E-state index contributed by atoms with van der Waals surface area (Å²) >= 11 is 1.40. The van der Waals surface area contributed by atoms with Crippen molar-refractivity contribution in [2.45, 2.75) is 24.7 Å². The molecule has 7 nitrogen and oxygen atoms in total. The van der Waals surface area contributed by atoms with Crippen LogP contribution in [0.2, 0.25) is 0 Å². The Balaban J connectivity index is 1.61. The second kappa shape index (κ2) is 9.99. The molecule has 0 amide bonds. The molecule has 29 heavy (non-hydrogen) atoms. The molecule has 0 spiro atoms. The Labute approximate surface area is 173 Å². The van der Waals surface area contributed by atoms with E-state index in [0.717, 1.165) is 11.4 Å². The van der Waals surface area contributed by atoms with E-state index in [1.54, 1.807) is 42.7 Å². The summed E-state index contributed by atoms with van der Waals surface area (Å²) in [5, 5.41) is 19.5. The number of thioether (sulfide) groups is 1. The van der Waals surface area contributed by atoms with Crippen molar-refractivity contribution in [3.8, 4) is 17.1 Å². The average Bonchev–Trinajstić information content (AvgIpc) is 3.14. The number of hydrogen-bond donors (Lipinski definition) is 1. The van der Waals surface area contributed by atoms with Crippen molar-refractivity contribution < 1.29 is 14.6 Å². The molecule has 0 radical (unpaired) electrons. The number of ketones is 1. The summed E-state index contributed by atoms with van der Waals surface area (Å²) in [6.07, 6.45) is 4.48. The number of Topliss-reactive ketones (excluding diaryl/α,β-unsaturated/α-hetero) is 1. The first kappa shape index (κ1) is 20.8. The number of hydrogen-bond acceptors (Lipinski definition) is 7. The first-order valence-corrected chi connectivity index (χ1v) is 10.1. The first-order valence-electron chi connectivity index (χ1n) is 9.07. The number of pyridine rings is 1. The zero-order chi connectivity index (χ0) is 20.6. The van der Waals surface area contributed by atoms with Gasteiger partial charge in [0.25, 0.3) is 0 Å². The molecule has 0 aliphatic carbocycles. The molecule has 150 valence electrons. The average molecular weight is 410 g/mol. The van der Waals surface area contributed by atoms with Gasteiger partial charge in [0.2, 0.25) is 0 Å². The quantitative estimate of drug-likeness (QED) is 0.312. The van der Waals surface area contributed by atoms with E-state index >= 15 is 0 Å². The molecule has 3 aromatic rings. The Morgan fingerprint density at radius 3 is 2.83 bits per heavy atom. The number of ether oxygens (including phenoxy) is 1. The number of benzene rings is 1. The lowest BCUT2D eigenvalue weighted by Crippen LogP contribution is -2.20. The van der Waals surface area contributed by atoms with Gasteiger partial charge >= 0.3 is 0 Å². The zero-order valence-corrected chi connectivity index (χ0v) is 16.9. The molecule has 0 aliphatic rings. The normalized spacial score (nSPS) is 11.8. The standard InChI is InChI=1S/C21H22N4O3S/c1-3-11-25-20(16-7-9-22-10-8-16)23-24-21(25)29-14-18(27)13-28-19-6-4-5-17(12-19)15(2)26/h3-10,12,18,27H,1,11,13-14H2,2H3/t18-/m0/s1. The van der Waals surface area contributed by atoms with Gasteiger partial charge in [0, 0.05) is 35.8 Å². The summed E-state index contributed by atoms with van der Waals surface area (Å²) < 4.78 is 7.56. The van der Waals surface area contributed by atoms with Crippen molar-refractivity contribution in [2.75, 3.05) is 12.4 Å². The maximum absolute atomic E-state index is 11.5. The third-order valence-electron chi connectivity index (χ3n) is 4.05. The van der Waals surface area contributed by atoms with Crippen LogP contribution in [0.1, 0.15) is 17.3 Å². The number of carbonyl (C=O) groups is 1. The highest BCUT2D eigenvalue weighted by atomic mass is 32.2. The summed E-state index contributed by atoms with van der Waals surface area (Å²) in [6.45, 7) is 5.97. The van der Waals surface area contributed by atoms with Gasteiger partial charge in [-0.15, -0.1) is 16.8 Å². The molecule has 3 rings (SSSR count). The van der Waals surface area contributed by atoms with E-state index in [4.69, 9.17) is 4.74 Å². The van der Waals surface area contributed by atoms with Crippen LogP contribution in [0.15, 0.2) is 66.6 Å². The molecule has 0 aliphatic heterocycles. The highest BCUT2D eigenvalue weighted by Gasteiger charge is 2.15. The summed E-state index contributed by atoms with van der Waals surface area (Å²) in [4.78, 5) is 15.5.